The third-order valence-corrected chi connectivity index (χ3v) is 20.8. The fourth-order valence-corrected chi connectivity index (χ4v) is 16.0. The maximum atomic E-state index is 13.7. The van der Waals surface area contributed by atoms with Crippen LogP contribution in [0.1, 0.15) is 194 Å². The van der Waals surface area contributed by atoms with E-state index in [1.165, 1.54) is 22.3 Å². The highest BCUT2D eigenvalue weighted by atomic mass is 16.5. The Hall–Kier alpha value is -8.00. The Labute approximate surface area is 570 Å². The quantitative estimate of drug-likeness (QED) is 0.0579. The molecule has 13 rings (SSSR count). The van der Waals surface area contributed by atoms with Crippen LogP contribution < -0.4 is 18.9 Å². The Morgan fingerprint density at radius 2 is 0.500 bits per heavy atom. The Balaban J connectivity index is 1.09. The third kappa shape index (κ3) is 14.4. The van der Waals surface area contributed by atoms with Crippen molar-refractivity contribution in [2.45, 2.75) is 157 Å². The van der Waals surface area contributed by atoms with Crippen LogP contribution in [0.15, 0.2) is 146 Å². The van der Waals surface area contributed by atoms with Gasteiger partial charge >= 0.3 is 0 Å². The second kappa shape index (κ2) is 29.4. The molecule has 12 nitrogen and oxygen atoms in total. The minimum atomic E-state index is -0.432. The summed E-state index contributed by atoms with van der Waals surface area (Å²) < 4.78 is 28.8. The van der Waals surface area contributed by atoms with Crippen molar-refractivity contribution in [2.24, 2.45) is 23.7 Å². The topological polar surface area (TPSA) is 131 Å². The van der Waals surface area contributed by atoms with E-state index < -0.39 is 23.7 Å². The van der Waals surface area contributed by atoms with Gasteiger partial charge in [0.2, 0.25) is 0 Å². The van der Waals surface area contributed by atoms with Crippen molar-refractivity contribution in [1.82, 2.24) is 19.6 Å². The number of hydrogen-bond acceptors (Lipinski definition) is 12. The van der Waals surface area contributed by atoms with Gasteiger partial charge in [-0.05, 0) is 122 Å². The molecule has 4 N–H and O–H groups in total. The van der Waals surface area contributed by atoms with Gasteiger partial charge in [-0.25, -0.2) is 0 Å². The summed E-state index contributed by atoms with van der Waals surface area (Å²) in [5.41, 5.74) is 14.6. The van der Waals surface area contributed by atoms with Gasteiger partial charge < -0.3 is 39.4 Å². The van der Waals surface area contributed by atoms with E-state index in [0.29, 0.717) is 128 Å². The molecule has 0 spiro atoms. The molecule has 96 heavy (non-hydrogen) atoms. The predicted molar refractivity (Wildman–Crippen MR) is 382 cm³/mol. The lowest BCUT2D eigenvalue weighted by molar-refractivity contribution is 0.0918. The standard InChI is InChI=1S/C84H100N4O8/c1-53(2)37-61-65-41-70(82-73(77(65)89)45-85(50-94-82)33-29-57-21-13-9-14-22-57)63(39-55(5)6)67-43-72(84-75(79(67)91)47-87(52-96-84)35-31-59-25-17-11-18-26-59)64(40-56(7)8)68-44-71(83-76(80(68)92)48-88(51-95-83)36-32-60-27-19-12-20-28-60)62(38-54(3)4)66-42-69(61)81-74(78(66)90)46-86(49-93-81)34-30-58-23-15-10-16-24-58/h9-28,41-44,53-56,61-64,89-92H,29-40,45-52H2,1-8H3. The molecule has 8 aromatic rings. The zero-order chi connectivity index (χ0) is 66.7. The summed E-state index contributed by atoms with van der Waals surface area (Å²) in [6, 6.07) is 51.2. The van der Waals surface area contributed by atoms with Crippen molar-refractivity contribution in [1.29, 1.82) is 0 Å². The monoisotopic (exact) mass is 1290 g/mol. The fourth-order valence-electron chi connectivity index (χ4n) is 16.0. The van der Waals surface area contributed by atoms with Crippen molar-refractivity contribution >= 4 is 0 Å². The molecule has 0 amide bonds. The summed E-state index contributed by atoms with van der Waals surface area (Å²) >= 11 is 0. The largest absolute Gasteiger partial charge is 0.507 e. The normalized spacial score (nSPS) is 18.9. The summed E-state index contributed by atoms with van der Waals surface area (Å²) in [7, 11) is 0. The Kier molecular flexibility index (Phi) is 20.4. The van der Waals surface area contributed by atoms with Crippen LogP contribution in [0.3, 0.4) is 0 Å². The average Bonchev–Trinajstić information content (AvgIpc) is 0.734. The van der Waals surface area contributed by atoms with Crippen LogP contribution in [0.4, 0.5) is 0 Å². The predicted octanol–water partition coefficient (Wildman–Crippen LogP) is 17.1. The summed E-state index contributed by atoms with van der Waals surface area (Å²) in [5, 5.41) is 54.8. The van der Waals surface area contributed by atoms with E-state index in [1.54, 1.807) is 0 Å². The number of phenolic OH excluding ortho intramolecular Hbond substituents is 4. The highest BCUT2D eigenvalue weighted by Gasteiger charge is 2.42. The van der Waals surface area contributed by atoms with Crippen molar-refractivity contribution in [2.75, 3.05) is 53.1 Å². The molecular formula is C84H100N4O8. The lowest BCUT2D eigenvalue weighted by Gasteiger charge is -2.39. The lowest BCUT2D eigenvalue weighted by atomic mass is 9.73. The van der Waals surface area contributed by atoms with Crippen molar-refractivity contribution < 1.29 is 39.4 Å². The number of hydrogen-bond donors (Lipinski definition) is 4. The first-order valence-electron chi connectivity index (χ1n) is 35.6. The molecule has 1 aliphatic carbocycles. The van der Waals surface area contributed by atoms with Crippen LogP contribution in [0.5, 0.6) is 46.0 Å². The summed E-state index contributed by atoms with van der Waals surface area (Å²) in [5.74, 6) is 2.30. The SMILES string of the molecule is CC(C)CC1c2cc(c3c(c2O)CN(CCc2ccccc2)CO3)C(CC(C)C)c2cc(c3c(c2O)CN(CCc2ccccc2)CO3)C(CC(C)C)c2cc(c3c(c2O)CN(CCc2ccccc2)CO3)C(CC(C)C)c2cc1c1c(c2O)CN(CCc2ccccc2)CO1. The number of aromatic hydroxyl groups is 4. The Morgan fingerprint density at radius 3 is 0.688 bits per heavy atom. The number of benzene rings is 8. The number of phenols is 4. The molecular weight excluding hydrogens is 1190 g/mol. The zero-order valence-corrected chi connectivity index (χ0v) is 57.8. The third-order valence-electron chi connectivity index (χ3n) is 20.8. The number of fused-ring (bicyclic) bond motifs is 16. The van der Waals surface area contributed by atoms with E-state index in [-0.39, 0.29) is 46.7 Å². The van der Waals surface area contributed by atoms with Crippen LogP contribution in [0.25, 0.3) is 0 Å². The summed E-state index contributed by atoms with van der Waals surface area (Å²) in [6.45, 7) is 24.0. The highest BCUT2D eigenvalue weighted by Crippen LogP contribution is 2.58. The van der Waals surface area contributed by atoms with Crippen molar-refractivity contribution in [3.63, 3.8) is 0 Å². The molecule has 0 saturated heterocycles. The van der Waals surface area contributed by atoms with E-state index >= 15 is 0 Å². The molecule has 4 unspecified atom stereocenters. The maximum absolute atomic E-state index is 13.7. The van der Waals surface area contributed by atoms with Gasteiger partial charge in [0, 0.05) is 121 Å². The molecule has 8 aromatic carbocycles. The first-order chi connectivity index (χ1) is 46.5. The fraction of sp³-hybridized carbons (Fsp3) is 0.429. The van der Waals surface area contributed by atoms with Crippen LogP contribution in [-0.2, 0) is 51.9 Å². The number of rotatable bonds is 20. The van der Waals surface area contributed by atoms with E-state index in [9.17, 15) is 20.4 Å². The molecule has 504 valence electrons. The summed E-state index contributed by atoms with van der Waals surface area (Å²) in [6.07, 6.45) is 5.83. The number of nitrogens with zero attached hydrogens (tertiary/aromatic N) is 4. The molecule has 0 fully saturated rings. The number of ether oxygens (including phenoxy) is 4. The molecule has 12 heteroatoms. The van der Waals surface area contributed by atoms with Gasteiger partial charge in [0.25, 0.3) is 0 Å². The maximum Gasteiger partial charge on any atom is 0.142 e. The molecule has 0 saturated carbocycles. The van der Waals surface area contributed by atoms with Crippen LogP contribution in [-0.4, -0.2) is 93.1 Å². The minimum absolute atomic E-state index is 0.148. The van der Waals surface area contributed by atoms with Crippen LogP contribution in [0, 0.1) is 23.7 Å². The zero-order valence-electron chi connectivity index (χ0n) is 57.8. The molecule has 8 bridgehead atoms. The van der Waals surface area contributed by atoms with E-state index in [4.69, 9.17) is 18.9 Å². The van der Waals surface area contributed by atoms with Gasteiger partial charge in [0.15, 0.2) is 0 Å². The summed E-state index contributed by atoms with van der Waals surface area (Å²) in [4.78, 5) is 9.19. The van der Waals surface area contributed by atoms with Crippen LogP contribution in [0.2, 0.25) is 0 Å². The lowest BCUT2D eigenvalue weighted by Crippen LogP contribution is -2.35. The molecule has 4 aliphatic heterocycles. The highest BCUT2D eigenvalue weighted by molar-refractivity contribution is 5.69. The molecule has 4 heterocycles. The Bertz CT molecular complexity index is 3470. The molecule has 0 aromatic heterocycles. The van der Waals surface area contributed by atoms with Gasteiger partial charge in [-0.3, -0.25) is 19.6 Å². The van der Waals surface area contributed by atoms with Gasteiger partial charge in [-0.2, -0.15) is 0 Å². The second-order valence-electron chi connectivity index (χ2n) is 29.8. The van der Waals surface area contributed by atoms with Crippen molar-refractivity contribution in [3.05, 3.63) is 235 Å². The van der Waals surface area contributed by atoms with E-state index in [2.05, 4.69) is 221 Å². The average molecular weight is 1290 g/mol. The second-order valence-corrected chi connectivity index (χ2v) is 29.8. The van der Waals surface area contributed by atoms with Gasteiger partial charge in [-0.1, -0.05) is 177 Å². The first kappa shape index (κ1) is 66.6. The van der Waals surface area contributed by atoms with Gasteiger partial charge in [0.05, 0.1) is 22.3 Å². The van der Waals surface area contributed by atoms with Crippen molar-refractivity contribution in [3.8, 4) is 46.0 Å². The van der Waals surface area contributed by atoms with E-state index in [0.717, 1.165) is 92.4 Å². The minimum Gasteiger partial charge on any atom is -0.507 e. The van der Waals surface area contributed by atoms with Gasteiger partial charge in [0.1, 0.15) is 72.9 Å². The Morgan fingerprint density at radius 1 is 0.302 bits per heavy atom. The van der Waals surface area contributed by atoms with Gasteiger partial charge in [-0.15, -0.1) is 0 Å². The van der Waals surface area contributed by atoms with Crippen LogP contribution >= 0.6 is 0 Å². The molecule has 0 radical (unpaired) electrons. The van der Waals surface area contributed by atoms with E-state index in [1.807, 2.05) is 0 Å². The molecule has 4 atom stereocenters. The molecule has 5 aliphatic rings. The smallest absolute Gasteiger partial charge is 0.142 e. The first-order valence-corrected chi connectivity index (χ1v) is 35.6.